The zero-order valence-electron chi connectivity index (χ0n) is 17.5. The van der Waals surface area contributed by atoms with Crippen LogP contribution in [-0.2, 0) is 14.8 Å². The van der Waals surface area contributed by atoms with Gasteiger partial charge in [-0.1, -0.05) is 37.5 Å². The standard InChI is InChI=1S/C23H28N2O4S/c1-16-11-12-19(18-8-4-3-5-9-18)20(15-16)29-23(13-14-23)22(26)25-30(27,28)21-10-6-7-17(2)24-21/h6-7,10-12,15,18H,3-5,8-9,13-14H2,1-2H3,(H,25,26). The van der Waals surface area contributed by atoms with E-state index in [-0.39, 0.29) is 5.03 Å². The van der Waals surface area contributed by atoms with Crippen molar-refractivity contribution in [2.24, 2.45) is 0 Å². The molecular formula is C23H28N2O4S. The van der Waals surface area contributed by atoms with Crippen LogP contribution in [0.1, 0.15) is 67.7 Å². The number of amides is 1. The van der Waals surface area contributed by atoms with E-state index >= 15 is 0 Å². The lowest BCUT2D eigenvalue weighted by molar-refractivity contribution is -0.128. The molecule has 0 atom stereocenters. The van der Waals surface area contributed by atoms with Gasteiger partial charge in [-0.25, -0.2) is 9.71 Å². The van der Waals surface area contributed by atoms with Gasteiger partial charge in [0.2, 0.25) is 0 Å². The van der Waals surface area contributed by atoms with Crippen LogP contribution >= 0.6 is 0 Å². The van der Waals surface area contributed by atoms with Crippen LogP contribution in [0.25, 0.3) is 0 Å². The number of nitrogens with one attached hydrogen (secondary N) is 1. The van der Waals surface area contributed by atoms with Crippen molar-refractivity contribution in [1.29, 1.82) is 0 Å². The third-order valence-corrected chi connectivity index (χ3v) is 7.23. The molecule has 4 rings (SSSR count). The summed E-state index contributed by atoms with van der Waals surface area (Å²) in [6.45, 7) is 3.70. The Morgan fingerprint density at radius 1 is 1.10 bits per heavy atom. The molecule has 2 fully saturated rings. The Bertz CT molecular complexity index is 1050. The summed E-state index contributed by atoms with van der Waals surface area (Å²) in [7, 11) is -4.05. The number of pyridine rings is 1. The lowest BCUT2D eigenvalue weighted by atomic mass is 9.83. The molecule has 0 spiro atoms. The molecule has 0 bridgehead atoms. The van der Waals surface area contributed by atoms with Gasteiger partial charge in [0.1, 0.15) is 5.75 Å². The molecular weight excluding hydrogens is 400 g/mol. The Kier molecular flexibility index (Phi) is 5.57. The molecule has 0 unspecified atom stereocenters. The maximum absolute atomic E-state index is 12.9. The predicted octanol–water partition coefficient (Wildman–Crippen LogP) is 4.16. The van der Waals surface area contributed by atoms with Gasteiger partial charge in [0.15, 0.2) is 10.6 Å². The number of sulfonamides is 1. The van der Waals surface area contributed by atoms with Crippen LogP contribution in [0.4, 0.5) is 0 Å². The molecule has 30 heavy (non-hydrogen) atoms. The van der Waals surface area contributed by atoms with Crippen LogP contribution in [0.2, 0.25) is 0 Å². The Morgan fingerprint density at radius 3 is 2.50 bits per heavy atom. The van der Waals surface area contributed by atoms with Gasteiger partial charge in [-0.15, -0.1) is 0 Å². The second-order valence-electron chi connectivity index (χ2n) is 8.52. The van der Waals surface area contributed by atoms with Gasteiger partial charge in [-0.05, 0) is 61.9 Å². The number of nitrogens with zero attached hydrogens (tertiary/aromatic N) is 1. The number of carbonyl (C=O) groups excluding carboxylic acids is 1. The highest BCUT2D eigenvalue weighted by molar-refractivity contribution is 7.90. The quantitative estimate of drug-likeness (QED) is 0.747. The number of aryl methyl sites for hydroxylation is 2. The van der Waals surface area contributed by atoms with E-state index in [9.17, 15) is 13.2 Å². The van der Waals surface area contributed by atoms with Crippen molar-refractivity contribution in [3.05, 3.63) is 53.2 Å². The van der Waals surface area contributed by atoms with Crippen molar-refractivity contribution >= 4 is 15.9 Å². The first kappa shape index (κ1) is 20.8. The zero-order chi connectivity index (χ0) is 21.4. The normalized spacial score (nSPS) is 18.6. The molecule has 7 heteroatoms. The number of benzene rings is 1. The minimum Gasteiger partial charge on any atom is -0.477 e. The Labute approximate surface area is 178 Å². The molecule has 1 N–H and O–H groups in total. The van der Waals surface area contributed by atoms with Crippen LogP contribution in [0.15, 0.2) is 41.4 Å². The first-order valence-corrected chi connectivity index (χ1v) is 12.1. The molecule has 1 aromatic heterocycles. The van der Waals surface area contributed by atoms with Crippen LogP contribution in [0, 0.1) is 13.8 Å². The fourth-order valence-electron chi connectivity index (χ4n) is 4.12. The SMILES string of the molecule is Cc1ccc(C2CCCCC2)c(OC2(C(=O)NS(=O)(=O)c3cccc(C)n3)CC2)c1. The summed E-state index contributed by atoms with van der Waals surface area (Å²) in [4.78, 5) is 17.0. The van der Waals surface area contributed by atoms with E-state index in [2.05, 4.69) is 21.8 Å². The molecule has 6 nitrogen and oxygen atoms in total. The first-order valence-electron chi connectivity index (χ1n) is 10.6. The van der Waals surface area contributed by atoms with Gasteiger partial charge in [0, 0.05) is 18.5 Å². The van der Waals surface area contributed by atoms with Crippen molar-refractivity contribution in [3.8, 4) is 5.75 Å². The summed E-state index contributed by atoms with van der Waals surface area (Å²) in [6.07, 6.45) is 6.88. The zero-order valence-corrected chi connectivity index (χ0v) is 18.3. The summed E-state index contributed by atoms with van der Waals surface area (Å²) in [6, 6.07) is 10.8. The monoisotopic (exact) mass is 428 g/mol. The van der Waals surface area contributed by atoms with Crippen LogP contribution in [0.5, 0.6) is 5.75 Å². The van der Waals surface area contributed by atoms with Crippen LogP contribution in [0.3, 0.4) is 0 Å². The average molecular weight is 429 g/mol. The van der Waals surface area contributed by atoms with Gasteiger partial charge >= 0.3 is 0 Å². The van der Waals surface area contributed by atoms with Gasteiger partial charge in [-0.3, -0.25) is 4.79 Å². The Morgan fingerprint density at radius 2 is 1.83 bits per heavy atom. The molecule has 0 aliphatic heterocycles. The van der Waals surface area contributed by atoms with E-state index in [4.69, 9.17) is 4.74 Å². The van der Waals surface area contributed by atoms with E-state index in [0.29, 0.717) is 30.2 Å². The summed E-state index contributed by atoms with van der Waals surface area (Å²) < 4.78 is 33.7. The first-order chi connectivity index (χ1) is 14.3. The number of hydrogen-bond donors (Lipinski definition) is 1. The van der Waals surface area contributed by atoms with Gasteiger partial charge < -0.3 is 4.74 Å². The summed E-state index contributed by atoms with van der Waals surface area (Å²) in [5.41, 5.74) is 1.62. The Hall–Kier alpha value is -2.41. The number of carbonyl (C=O) groups is 1. The van der Waals surface area contributed by atoms with Crippen molar-refractivity contribution in [3.63, 3.8) is 0 Å². The van der Waals surface area contributed by atoms with Gasteiger partial charge in [0.05, 0.1) is 0 Å². The molecule has 1 aromatic carbocycles. The molecule has 1 amide bonds. The minimum atomic E-state index is -4.05. The van der Waals surface area contributed by atoms with Gasteiger partial charge in [0.25, 0.3) is 15.9 Å². The van der Waals surface area contributed by atoms with Crippen molar-refractivity contribution in [2.75, 3.05) is 0 Å². The smallest absolute Gasteiger partial charge is 0.281 e. The lowest BCUT2D eigenvalue weighted by Gasteiger charge is -2.26. The number of ether oxygens (including phenoxy) is 1. The van der Waals surface area contributed by atoms with Crippen LogP contribution < -0.4 is 9.46 Å². The summed E-state index contributed by atoms with van der Waals surface area (Å²) in [5.74, 6) is 0.510. The number of rotatable bonds is 6. The van der Waals surface area contributed by atoms with Crippen molar-refractivity contribution in [1.82, 2.24) is 9.71 Å². The fourth-order valence-corrected chi connectivity index (χ4v) is 5.17. The molecule has 1 heterocycles. The predicted molar refractivity (Wildman–Crippen MR) is 114 cm³/mol. The number of aromatic nitrogens is 1. The van der Waals surface area contributed by atoms with Crippen molar-refractivity contribution in [2.45, 2.75) is 75.3 Å². The minimum absolute atomic E-state index is 0.162. The maximum Gasteiger partial charge on any atom is 0.281 e. The molecule has 2 aliphatic rings. The van der Waals surface area contributed by atoms with Crippen LogP contribution in [-0.4, -0.2) is 24.9 Å². The topological polar surface area (TPSA) is 85.4 Å². The maximum atomic E-state index is 12.9. The lowest BCUT2D eigenvalue weighted by Crippen LogP contribution is -2.43. The van der Waals surface area contributed by atoms with E-state index in [1.165, 1.54) is 25.3 Å². The van der Waals surface area contributed by atoms with Crippen molar-refractivity contribution < 1.29 is 17.9 Å². The van der Waals surface area contributed by atoms with E-state index in [1.807, 2.05) is 13.0 Å². The molecule has 160 valence electrons. The van der Waals surface area contributed by atoms with E-state index < -0.39 is 21.5 Å². The summed E-state index contributed by atoms with van der Waals surface area (Å²) >= 11 is 0. The summed E-state index contributed by atoms with van der Waals surface area (Å²) in [5, 5.41) is -0.162. The number of hydrogen-bond acceptors (Lipinski definition) is 5. The molecule has 0 saturated heterocycles. The Balaban J connectivity index is 1.55. The molecule has 2 saturated carbocycles. The highest BCUT2D eigenvalue weighted by Gasteiger charge is 2.54. The fraction of sp³-hybridized carbons (Fsp3) is 0.478. The van der Waals surface area contributed by atoms with E-state index in [0.717, 1.165) is 24.0 Å². The van der Waals surface area contributed by atoms with E-state index in [1.54, 1.807) is 19.1 Å². The third-order valence-electron chi connectivity index (χ3n) is 6.00. The second-order valence-corrected chi connectivity index (χ2v) is 10.2. The molecule has 2 aliphatic carbocycles. The molecule has 2 aromatic rings. The average Bonchev–Trinajstić information content (AvgIpc) is 3.49. The molecule has 0 radical (unpaired) electrons. The highest BCUT2D eigenvalue weighted by atomic mass is 32.2. The second kappa shape index (κ2) is 8.02. The highest BCUT2D eigenvalue weighted by Crippen LogP contribution is 2.45. The van der Waals surface area contributed by atoms with Gasteiger partial charge in [-0.2, -0.15) is 8.42 Å². The largest absolute Gasteiger partial charge is 0.477 e. The third kappa shape index (κ3) is 4.36.